The molecule has 310 valence electrons. The fraction of sp³-hybridized carbons (Fsp3) is 0.641. The molecule has 1 aromatic rings. The summed E-state index contributed by atoms with van der Waals surface area (Å²) in [5, 5.41) is 31.8. The van der Waals surface area contributed by atoms with Crippen LogP contribution in [0.4, 0.5) is 0 Å². The maximum absolute atomic E-state index is 12.2. The maximum atomic E-state index is 12.2. The molecule has 0 spiro atoms. The normalized spacial score (nSPS) is 11.2. The number of amides is 6. The Hall–Kier alpha value is -4.70. The average Bonchev–Trinajstić information content (AvgIpc) is 3.17. The van der Waals surface area contributed by atoms with Crippen LogP contribution in [-0.2, 0) is 28.8 Å². The van der Waals surface area contributed by atoms with Crippen molar-refractivity contribution in [3.05, 3.63) is 35.4 Å². The van der Waals surface area contributed by atoms with Crippen LogP contribution in [0.15, 0.2) is 29.8 Å². The van der Waals surface area contributed by atoms with Gasteiger partial charge in [-0.25, -0.2) is 10.1 Å². The third-order valence-corrected chi connectivity index (χ3v) is 8.79. The number of unbranched alkanes of at least 4 members (excludes halogenated alkanes) is 6. The van der Waals surface area contributed by atoms with Gasteiger partial charge in [-0.05, 0) is 101 Å². The lowest BCUT2D eigenvalue weighted by molar-refractivity contribution is -0.166. The van der Waals surface area contributed by atoms with Gasteiger partial charge < -0.3 is 31.7 Å². The molecule has 55 heavy (non-hydrogen) atoms. The van der Waals surface area contributed by atoms with E-state index < -0.39 is 11.8 Å². The van der Waals surface area contributed by atoms with Crippen molar-refractivity contribution in [2.75, 3.05) is 45.9 Å². The Kier molecular flexibility index (Phi) is 26.0. The van der Waals surface area contributed by atoms with Crippen molar-refractivity contribution in [1.29, 1.82) is 0 Å². The van der Waals surface area contributed by atoms with Crippen LogP contribution < -0.4 is 31.7 Å². The number of hydrogen-bond acceptors (Lipinski definition) is 10. The number of nitrogens with two attached hydrogens (primary N) is 1. The minimum absolute atomic E-state index is 0.0329. The fourth-order valence-electron chi connectivity index (χ4n) is 5.11. The van der Waals surface area contributed by atoms with Gasteiger partial charge in [0.05, 0.1) is 13.0 Å². The molecule has 16 nitrogen and oxygen atoms in total. The number of carbonyl (C=O) groups is 6. The number of carbonyl (C=O) groups excluding carboxylic acids is 6. The molecule has 0 fully saturated rings. The van der Waals surface area contributed by atoms with E-state index in [-0.39, 0.29) is 75.4 Å². The molecule has 16 heteroatoms. The lowest BCUT2D eigenvalue weighted by Gasteiger charge is -2.15. The quantitative estimate of drug-likeness (QED) is 0.0341. The molecule has 0 aromatic heterocycles. The lowest BCUT2D eigenvalue weighted by Crippen LogP contribution is -2.31. The van der Waals surface area contributed by atoms with E-state index in [0.717, 1.165) is 36.1 Å². The monoisotopic (exact) mass is 775 g/mol. The highest BCUT2D eigenvalue weighted by atomic mass is 16.5. The van der Waals surface area contributed by atoms with Crippen LogP contribution in [0.25, 0.3) is 5.70 Å². The zero-order valence-electron chi connectivity index (χ0n) is 33.1. The van der Waals surface area contributed by atoms with Gasteiger partial charge >= 0.3 is 0 Å². The van der Waals surface area contributed by atoms with Crippen molar-refractivity contribution in [2.45, 2.75) is 117 Å². The van der Waals surface area contributed by atoms with Crippen molar-refractivity contribution in [3.8, 4) is 5.75 Å². The van der Waals surface area contributed by atoms with Gasteiger partial charge in [-0.3, -0.25) is 39.2 Å². The van der Waals surface area contributed by atoms with Crippen molar-refractivity contribution < 1.29 is 43.9 Å². The number of allylic oxidation sites excluding steroid dienone is 1. The highest BCUT2D eigenvalue weighted by Crippen LogP contribution is 2.19. The minimum atomic E-state index is -0.528. The van der Waals surface area contributed by atoms with E-state index >= 15 is 0 Å². The molecule has 0 aliphatic heterocycles. The number of nitrogens with one attached hydrogen (secondary N) is 4. The number of hydrogen-bond donors (Lipinski definition) is 7. The van der Waals surface area contributed by atoms with Gasteiger partial charge in [-0.2, -0.15) is 0 Å². The number of nitrogens with zero attached hydrogens (tertiary/aromatic N) is 2. The summed E-state index contributed by atoms with van der Waals surface area (Å²) >= 11 is 0. The Morgan fingerprint density at radius 2 is 1.02 bits per heavy atom. The molecule has 0 aliphatic rings. The smallest absolute Gasteiger partial charge is 0.246 e. The van der Waals surface area contributed by atoms with Gasteiger partial charge in [0.15, 0.2) is 0 Å². The maximum Gasteiger partial charge on any atom is 0.246 e. The number of ether oxygens (including phenoxy) is 1. The molecule has 0 saturated heterocycles. The van der Waals surface area contributed by atoms with Crippen LogP contribution in [-0.4, -0.2) is 102 Å². The second-order valence-corrected chi connectivity index (χ2v) is 13.4. The van der Waals surface area contributed by atoms with Gasteiger partial charge in [0.25, 0.3) is 0 Å². The first-order valence-electron chi connectivity index (χ1n) is 19.5. The van der Waals surface area contributed by atoms with E-state index in [9.17, 15) is 39.2 Å². The van der Waals surface area contributed by atoms with E-state index in [1.165, 1.54) is 6.92 Å². The Bertz CT molecular complexity index is 1360. The summed E-state index contributed by atoms with van der Waals surface area (Å²) in [7, 11) is 0. The molecule has 0 aliphatic carbocycles. The van der Waals surface area contributed by atoms with Crippen LogP contribution in [0, 0.1) is 0 Å². The van der Waals surface area contributed by atoms with Crippen molar-refractivity contribution in [1.82, 2.24) is 31.4 Å². The Morgan fingerprint density at radius 1 is 0.600 bits per heavy atom. The lowest BCUT2D eigenvalue weighted by atomic mass is 10.1. The minimum Gasteiger partial charge on any atom is -0.493 e. The predicted molar refractivity (Wildman–Crippen MR) is 208 cm³/mol. The first-order valence-corrected chi connectivity index (χ1v) is 19.5. The topological polar surface area (TPSA) is 233 Å². The van der Waals surface area contributed by atoms with Crippen LogP contribution in [0.3, 0.4) is 0 Å². The number of benzene rings is 1. The summed E-state index contributed by atoms with van der Waals surface area (Å²) in [6.07, 6.45) is 7.35. The first kappa shape index (κ1) is 48.3. The molecule has 0 atom stereocenters. The van der Waals surface area contributed by atoms with E-state index in [2.05, 4.69) is 28.2 Å². The van der Waals surface area contributed by atoms with Gasteiger partial charge in [-0.1, -0.05) is 12.5 Å². The Morgan fingerprint density at radius 3 is 1.47 bits per heavy atom. The van der Waals surface area contributed by atoms with Crippen LogP contribution in [0.1, 0.15) is 123 Å². The number of hydroxylamine groups is 4. The molecule has 0 unspecified atom stereocenters. The summed E-state index contributed by atoms with van der Waals surface area (Å²) < 4.78 is 5.66. The third-order valence-electron chi connectivity index (χ3n) is 8.79. The van der Waals surface area contributed by atoms with E-state index in [4.69, 9.17) is 10.5 Å². The molecule has 1 rings (SSSR count). The van der Waals surface area contributed by atoms with Crippen molar-refractivity contribution in [3.63, 3.8) is 0 Å². The van der Waals surface area contributed by atoms with E-state index in [1.807, 2.05) is 31.2 Å². The van der Waals surface area contributed by atoms with Gasteiger partial charge in [-0.15, -0.1) is 0 Å². The summed E-state index contributed by atoms with van der Waals surface area (Å²) in [5.74, 6) is -1.09. The van der Waals surface area contributed by atoms with Crippen molar-refractivity contribution >= 4 is 41.1 Å². The Balaban J connectivity index is 1.98. The molecule has 1 aromatic carbocycles. The Labute approximate surface area is 325 Å². The highest BCUT2D eigenvalue weighted by Gasteiger charge is 2.13. The molecule has 0 radical (unpaired) electrons. The second-order valence-electron chi connectivity index (χ2n) is 13.4. The zero-order chi connectivity index (χ0) is 40.8. The SMILES string of the molecule is CC/C(C)=C(/N)c1ccc(OCCC(=O)NCCCCCN(O)C(=O)CCC(=O)NCCCCCNC(=O)CCC(=O)NCCCCCN(O)C(C)=O)cc1. The van der Waals surface area contributed by atoms with E-state index in [0.29, 0.717) is 87.0 Å². The number of rotatable bonds is 30. The predicted octanol–water partition coefficient (Wildman–Crippen LogP) is 3.55. The summed E-state index contributed by atoms with van der Waals surface area (Å²) in [6, 6.07) is 7.47. The zero-order valence-corrected chi connectivity index (χ0v) is 33.1. The molecule has 6 amide bonds. The van der Waals surface area contributed by atoms with Crippen LogP contribution >= 0.6 is 0 Å². The molecular weight excluding hydrogens is 710 g/mol. The largest absolute Gasteiger partial charge is 0.493 e. The van der Waals surface area contributed by atoms with Crippen molar-refractivity contribution in [2.24, 2.45) is 5.73 Å². The van der Waals surface area contributed by atoms with Crippen LogP contribution in [0.5, 0.6) is 5.75 Å². The molecular formula is C39H65N7O9. The van der Waals surface area contributed by atoms with Gasteiger partial charge in [0.2, 0.25) is 35.4 Å². The molecule has 0 saturated carbocycles. The first-order chi connectivity index (χ1) is 26.3. The molecule has 0 heterocycles. The van der Waals surface area contributed by atoms with Gasteiger partial charge in [0, 0.05) is 77.6 Å². The summed E-state index contributed by atoms with van der Waals surface area (Å²) in [4.78, 5) is 71.2. The fourth-order valence-corrected chi connectivity index (χ4v) is 5.11. The summed E-state index contributed by atoms with van der Waals surface area (Å²) in [6.45, 7) is 7.83. The highest BCUT2D eigenvalue weighted by molar-refractivity contribution is 5.84. The molecule has 8 N–H and O–H groups in total. The average molecular weight is 776 g/mol. The summed E-state index contributed by atoms with van der Waals surface area (Å²) in [5.41, 5.74) is 8.97. The molecule has 0 bridgehead atoms. The van der Waals surface area contributed by atoms with E-state index in [1.54, 1.807) is 0 Å². The standard InChI is InChI=1S/C39H65N7O9/c1-4-30(2)39(40)32-14-16-33(17-15-32)55-29-22-37(51)44-26-11-7-13-28-46(54)38(52)21-20-36(50)43-24-9-5-8-23-41-34(48)18-19-35(49)42-25-10-6-12-27-45(53)31(3)47/h14-17,53-54H,4-13,18-29,40H2,1-3H3,(H,41,48)(H,42,49)(H,43,50)(H,44,51)/b39-30+. The third kappa shape index (κ3) is 24.4. The van der Waals surface area contributed by atoms with Crippen LogP contribution in [0.2, 0.25) is 0 Å². The van der Waals surface area contributed by atoms with Gasteiger partial charge in [0.1, 0.15) is 5.75 Å². The second kappa shape index (κ2) is 29.6.